The van der Waals surface area contributed by atoms with Crippen LogP contribution in [0.15, 0.2) is 6.20 Å². The Morgan fingerprint density at radius 1 is 1.59 bits per heavy atom. The van der Waals surface area contributed by atoms with Gasteiger partial charge in [-0.05, 0) is 20.3 Å². The Morgan fingerprint density at radius 3 is 2.94 bits per heavy atom. The van der Waals surface area contributed by atoms with Crippen LogP contribution in [0.4, 0.5) is 5.82 Å². The third-order valence-corrected chi connectivity index (χ3v) is 3.30. The molecule has 5 heteroatoms. The highest BCUT2D eigenvalue weighted by atomic mass is 16.5. The summed E-state index contributed by atoms with van der Waals surface area (Å²) >= 11 is 0. The lowest BCUT2D eigenvalue weighted by molar-refractivity contribution is 0.118. The molecule has 17 heavy (non-hydrogen) atoms. The number of likely N-dealkylation sites (N-methyl/N-ethyl adjacent to an activating group) is 1. The van der Waals surface area contributed by atoms with Crippen molar-refractivity contribution < 1.29 is 9.84 Å². The molecule has 0 spiro atoms. The van der Waals surface area contributed by atoms with E-state index in [0.29, 0.717) is 6.04 Å². The molecule has 1 aliphatic rings. The monoisotopic (exact) mass is 237 g/mol. The van der Waals surface area contributed by atoms with Crippen molar-refractivity contribution in [2.24, 2.45) is 0 Å². The van der Waals surface area contributed by atoms with E-state index in [1.165, 1.54) is 0 Å². The van der Waals surface area contributed by atoms with Crippen LogP contribution in [-0.2, 0) is 11.3 Å². The molecule has 2 atom stereocenters. The number of aryl methyl sites for hydroxylation is 1. The molecule has 2 heterocycles. The molecule has 1 N–H and O–H groups in total. The van der Waals surface area contributed by atoms with Crippen molar-refractivity contribution in [2.45, 2.75) is 39.0 Å². The van der Waals surface area contributed by atoms with Gasteiger partial charge in [0.15, 0.2) is 0 Å². The Morgan fingerprint density at radius 2 is 2.35 bits per heavy atom. The van der Waals surface area contributed by atoms with Crippen LogP contribution in [0.25, 0.3) is 0 Å². The van der Waals surface area contributed by atoms with E-state index in [0.717, 1.165) is 30.2 Å². The first-order valence-corrected chi connectivity index (χ1v) is 5.91. The molecular weight excluding hydrogens is 218 g/mol. The standard InChI is InChI=1S/C12H19N3O2/c1-8-11(4-5-17-8)15(3)12-10(7-16)6-13-9(2)14-12/h6,8,11,16H,4-5,7H2,1-3H3. The second-order valence-electron chi connectivity index (χ2n) is 4.47. The number of anilines is 1. The Labute approximate surface area is 101 Å². The Hall–Kier alpha value is -1.20. The second-order valence-corrected chi connectivity index (χ2v) is 4.47. The third kappa shape index (κ3) is 2.40. The minimum absolute atomic E-state index is 0.0398. The maximum absolute atomic E-state index is 9.33. The maximum Gasteiger partial charge on any atom is 0.137 e. The highest BCUT2D eigenvalue weighted by Gasteiger charge is 2.29. The van der Waals surface area contributed by atoms with Crippen molar-refractivity contribution in [1.82, 2.24) is 9.97 Å². The first-order valence-electron chi connectivity index (χ1n) is 5.91. The van der Waals surface area contributed by atoms with Crippen LogP contribution in [0.2, 0.25) is 0 Å². The molecule has 2 unspecified atom stereocenters. The van der Waals surface area contributed by atoms with Gasteiger partial charge in [0.05, 0.1) is 18.8 Å². The zero-order chi connectivity index (χ0) is 12.4. The summed E-state index contributed by atoms with van der Waals surface area (Å²) in [5, 5.41) is 9.33. The molecule has 1 aromatic rings. The summed E-state index contributed by atoms with van der Waals surface area (Å²) in [4.78, 5) is 10.6. The molecule has 1 aliphatic heterocycles. The molecule has 1 saturated heterocycles. The smallest absolute Gasteiger partial charge is 0.137 e. The minimum Gasteiger partial charge on any atom is -0.391 e. The van der Waals surface area contributed by atoms with Gasteiger partial charge in [0.1, 0.15) is 11.6 Å². The van der Waals surface area contributed by atoms with E-state index in [1.54, 1.807) is 6.20 Å². The van der Waals surface area contributed by atoms with E-state index in [4.69, 9.17) is 4.74 Å². The molecule has 0 amide bonds. The summed E-state index contributed by atoms with van der Waals surface area (Å²) in [6.45, 7) is 4.67. The average molecular weight is 237 g/mol. The molecule has 0 bridgehead atoms. The molecule has 0 radical (unpaired) electrons. The summed E-state index contributed by atoms with van der Waals surface area (Å²) in [5.41, 5.74) is 0.761. The Kier molecular flexibility index (Phi) is 3.59. The van der Waals surface area contributed by atoms with E-state index in [9.17, 15) is 5.11 Å². The van der Waals surface area contributed by atoms with Gasteiger partial charge in [-0.15, -0.1) is 0 Å². The predicted molar refractivity (Wildman–Crippen MR) is 64.9 cm³/mol. The summed E-state index contributed by atoms with van der Waals surface area (Å²) in [7, 11) is 2.00. The second kappa shape index (κ2) is 4.98. The fourth-order valence-electron chi connectivity index (χ4n) is 2.29. The van der Waals surface area contributed by atoms with Crippen LogP contribution in [0.5, 0.6) is 0 Å². The van der Waals surface area contributed by atoms with Gasteiger partial charge in [-0.1, -0.05) is 0 Å². The average Bonchev–Trinajstić information content (AvgIpc) is 2.74. The number of nitrogens with zero attached hydrogens (tertiary/aromatic N) is 3. The van der Waals surface area contributed by atoms with Crippen molar-refractivity contribution >= 4 is 5.82 Å². The Balaban J connectivity index is 2.28. The first-order chi connectivity index (χ1) is 8.13. The van der Waals surface area contributed by atoms with Crippen LogP contribution < -0.4 is 4.90 Å². The van der Waals surface area contributed by atoms with E-state index in [2.05, 4.69) is 21.8 Å². The number of hydrogen-bond donors (Lipinski definition) is 1. The minimum atomic E-state index is -0.0398. The Bertz CT molecular complexity index is 397. The predicted octanol–water partition coefficient (Wildman–Crippen LogP) is 0.891. The quantitative estimate of drug-likeness (QED) is 0.846. The van der Waals surface area contributed by atoms with Crippen molar-refractivity contribution in [3.05, 3.63) is 17.6 Å². The van der Waals surface area contributed by atoms with E-state index in [-0.39, 0.29) is 12.7 Å². The zero-order valence-corrected chi connectivity index (χ0v) is 10.6. The molecular formula is C12H19N3O2. The van der Waals surface area contributed by atoms with Crippen LogP contribution in [-0.4, -0.2) is 40.9 Å². The van der Waals surface area contributed by atoms with E-state index >= 15 is 0 Å². The highest BCUT2D eigenvalue weighted by molar-refractivity contribution is 5.46. The number of aliphatic hydroxyl groups is 1. The number of hydrogen-bond acceptors (Lipinski definition) is 5. The number of rotatable bonds is 3. The fraction of sp³-hybridized carbons (Fsp3) is 0.667. The molecule has 1 aromatic heterocycles. The third-order valence-electron chi connectivity index (χ3n) is 3.30. The molecule has 5 nitrogen and oxygen atoms in total. The van der Waals surface area contributed by atoms with E-state index in [1.807, 2.05) is 14.0 Å². The molecule has 0 aromatic carbocycles. The summed E-state index contributed by atoms with van der Waals surface area (Å²) in [5.74, 6) is 1.53. The molecule has 1 fully saturated rings. The van der Waals surface area contributed by atoms with Gasteiger partial charge in [-0.2, -0.15) is 0 Å². The normalized spacial score (nSPS) is 24.0. The van der Waals surface area contributed by atoms with E-state index < -0.39 is 0 Å². The lowest BCUT2D eigenvalue weighted by Crippen LogP contribution is -2.38. The maximum atomic E-state index is 9.33. The highest BCUT2D eigenvalue weighted by Crippen LogP contribution is 2.25. The van der Waals surface area contributed by atoms with Gasteiger partial charge in [0.2, 0.25) is 0 Å². The van der Waals surface area contributed by atoms with Crippen molar-refractivity contribution in [2.75, 3.05) is 18.6 Å². The summed E-state index contributed by atoms with van der Waals surface area (Å²) < 4.78 is 5.56. The molecule has 0 aliphatic carbocycles. The topological polar surface area (TPSA) is 58.5 Å². The van der Waals surface area contributed by atoms with Gasteiger partial charge in [0.25, 0.3) is 0 Å². The lowest BCUT2D eigenvalue weighted by atomic mass is 10.1. The summed E-state index contributed by atoms with van der Waals surface area (Å²) in [6, 6.07) is 0.314. The number of aliphatic hydroxyl groups excluding tert-OH is 1. The van der Waals surface area contributed by atoms with Crippen LogP contribution in [0.3, 0.4) is 0 Å². The van der Waals surface area contributed by atoms with Crippen molar-refractivity contribution in [3.8, 4) is 0 Å². The zero-order valence-electron chi connectivity index (χ0n) is 10.6. The van der Waals surface area contributed by atoms with Gasteiger partial charge >= 0.3 is 0 Å². The van der Waals surface area contributed by atoms with Crippen molar-refractivity contribution in [3.63, 3.8) is 0 Å². The number of ether oxygens (including phenoxy) is 1. The first kappa shape index (κ1) is 12.3. The van der Waals surface area contributed by atoms with Gasteiger partial charge in [0, 0.05) is 25.4 Å². The van der Waals surface area contributed by atoms with Gasteiger partial charge in [-0.3, -0.25) is 0 Å². The number of aromatic nitrogens is 2. The largest absolute Gasteiger partial charge is 0.391 e. The van der Waals surface area contributed by atoms with Crippen LogP contribution in [0.1, 0.15) is 24.7 Å². The van der Waals surface area contributed by atoms with Crippen LogP contribution in [0, 0.1) is 6.92 Å². The molecule has 94 valence electrons. The van der Waals surface area contributed by atoms with Crippen molar-refractivity contribution in [1.29, 1.82) is 0 Å². The fourth-order valence-corrected chi connectivity index (χ4v) is 2.29. The van der Waals surface area contributed by atoms with Gasteiger partial charge in [-0.25, -0.2) is 9.97 Å². The van der Waals surface area contributed by atoms with Gasteiger partial charge < -0.3 is 14.7 Å². The SMILES string of the molecule is Cc1ncc(CO)c(N(C)C2CCOC2C)n1. The summed E-state index contributed by atoms with van der Waals surface area (Å²) in [6.07, 6.45) is 2.88. The molecule has 0 saturated carbocycles. The lowest BCUT2D eigenvalue weighted by Gasteiger charge is -2.29. The van der Waals surface area contributed by atoms with Crippen LogP contribution >= 0.6 is 0 Å². The molecule has 2 rings (SSSR count).